The molecule has 34 heavy (non-hydrogen) atoms. The number of amides is 5. The Labute approximate surface area is 195 Å². The summed E-state index contributed by atoms with van der Waals surface area (Å²) in [6.45, 7) is 2.50. The van der Waals surface area contributed by atoms with Gasteiger partial charge in [-0.3, -0.25) is 28.8 Å². The Kier molecular flexibility index (Phi) is 13.5. The van der Waals surface area contributed by atoms with E-state index < -0.39 is 79.0 Å². The Morgan fingerprint density at radius 3 is 1.88 bits per heavy atom. The van der Waals surface area contributed by atoms with E-state index in [2.05, 4.69) is 21.3 Å². The van der Waals surface area contributed by atoms with E-state index in [1.165, 1.54) is 0 Å². The lowest BCUT2D eigenvalue weighted by molar-refractivity contribution is -0.143. The minimum absolute atomic E-state index is 0.0238. The first kappa shape index (κ1) is 30.2. The molecule has 0 aliphatic heterocycles. The predicted octanol–water partition coefficient (Wildman–Crippen LogP) is -3.61. The van der Waals surface area contributed by atoms with Crippen molar-refractivity contribution >= 4 is 41.5 Å². The lowest BCUT2D eigenvalue weighted by Gasteiger charge is -2.23. The molecule has 10 N–H and O–H groups in total. The fourth-order valence-corrected chi connectivity index (χ4v) is 2.70. The van der Waals surface area contributed by atoms with E-state index in [-0.39, 0.29) is 25.3 Å². The van der Waals surface area contributed by atoms with Crippen LogP contribution >= 0.6 is 0 Å². The molecule has 15 heteroatoms. The van der Waals surface area contributed by atoms with Crippen molar-refractivity contribution in [2.75, 3.05) is 13.1 Å². The zero-order chi connectivity index (χ0) is 26.4. The molecule has 0 aromatic heterocycles. The molecule has 0 aromatic rings. The van der Waals surface area contributed by atoms with Gasteiger partial charge in [0.05, 0.1) is 19.5 Å². The summed E-state index contributed by atoms with van der Waals surface area (Å²) in [5.74, 6) is -6.96. The highest BCUT2D eigenvalue weighted by atomic mass is 16.4. The maximum atomic E-state index is 12.6. The van der Waals surface area contributed by atoms with Crippen LogP contribution in [0.25, 0.3) is 0 Å². The molecule has 5 amide bonds. The number of primary amides is 1. The number of carbonyl (C=O) groups is 7. The molecule has 0 saturated carbocycles. The molecule has 0 saturated heterocycles. The SMILES string of the molecule is CC(C)C[C@H](NC(=O)CN)C(=O)N[C@@H](CC(N)=O)C(=O)NCC(=O)N[C@@H](CCC(=O)O)C(=O)O. The molecule has 0 aromatic carbocycles. The van der Waals surface area contributed by atoms with E-state index in [0.717, 1.165) is 0 Å². The predicted molar refractivity (Wildman–Crippen MR) is 116 cm³/mol. The second-order valence-electron chi connectivity index (χ2n) is 7.79. The molecule has 0 aliphatic carbocycles. The molecular formula is C19H32N6O9. The standard InChI is InChI=1S/C19H32N6O9/c1-9(2)5-11(24-14(27)7-20)18(32)25-12(6-13(21)26)17(31)22-8-15(28)23-10(19(33)34)3-4-16(29)30/h9-12H,3-8,20H2,1-2H3,(H2,21,26)(H,22,31)(H,23,28)(H,24,27)(H,25,32)(H,29,30)(H,33,34)/t10-,11-,12-/m0/s1. The van der Waals surface area contributed by atoms with Crippen molar-refractivity contribution in [3.8, 4) is 0 Å². The monoisotopic (exact) mass is 488 g/mol. The first-order valence-electron chi connectivity index (χ1n) is 10.4. The number of carbonyl (C=O) groups excluding carboxylic acids is 5. The van der Waals surface area contributed by atoms with Crippen molar-refractivity contribution in [1.82, 2.24) is 21.3 Å². The zero-order valence-electron chi connectivity index (χ0n) is 19.0. The first-order chi connectivity index (χ1) is 15.8. The van der Waals surface area contributed by atoms with Gasteiger partial charge in [-0.05, 0) is 18.8 Å². The van der Waals surface area contributed by atoms with Crippen molar-refractivity contribution in [3.63, 3.8) is 0 Å². The Morgan fingerprint density at radius 1 is 0.824 bits per heavy atom. The molecule has 0 fully saturated rings. The molecule has 15 nitrogen and oxygen atoms in total. The van der Waals surface area contributed by atoms with Crippen molar-refractivity contribution in [2.45, 2.75) is 57.7 Å². The van der Waals surface area contributed by atoms with Crippen molar-refractivity contribution < 1.29 is 43.8 Å². The van der Waals surface area contributed by atoms with Crippen LogP contribution in [0.15, 0.2) is 0 Å². The Balaban J connectivity index is 5.16. The summed E-state index contributed by atoms with van der Waals surface area (Å²) in [6, 6.07) is -4.03. The van der Waals surface area contributed by atoms with E-state index >= 15 is 0 Å². The third-order valence-electron chi connectivity index (χ3n) is 4.29. The summed E-state index contributed by atoms with van der Waals surface area (Å²) < 4.78 is 0. The smallest absolute Gasteiger partial charge is 0.326 e. The third kappa shape index (κ3) is 12.9. The second kappa shape index (κ2) is 15.2. The van der Waals surface area contributed by atoms with Crippen LogP contribution in [0.2, 0.25) is 0 Å². The molecule has 3 atom stereocenters. The number of rotatable bonds is 16. The van der Waals surface area contributed by atoms with Crippen molar-refractivity contribution in [2.24, 2.45) is 17.4 Å². The number of hydrogen-bond acceptors (Lipinski definition) is 8. The van der Waals surface area contributed by atoms with Gasteiger partial charge in [-0.25, -0.2) is 4.79 Å². The molecule has 0 heterocycles. The molecular weight excluding hydrogens is 456 g/mol. The Hall–Kier alpha value is -3.75. The van der Waals surface area contributed by atoms with Gasteiger partial charge in [-0.1, -0.05) is 13.8 Å². The number of nitrogens with two attached hydrogens (primary N) is 2. The first-order valence-corrected chi connectivity index (χ1v) is 10.4. The van der Waals surface area contributed by atoms with Crippen LogP contribution in [-0.2, 0) is 33.6 Å². The van der Waals surface area contributed by atoms with Gasteiger partial charge in [0.1, 0.15) is 18.1 Å². The summed E-state index contributed by atoms with van der Waals surface area (Å²) in [4.78, 5) is 81.8. The van der Waals surface area contributed by atoms with Gasteiger partial charge < -0.3 is 42.9 Å². The number of nitrogens with one attached hydrogen (secondary N) is 4. The van der Waals surface area contributed by atoms with E-state index in [1.807, 2.05) is 0 Å². The summed E-state index contributed by atoms with van der Waals surface area (Å²) in [6.07, 6.45) is -1.29. The largest absolute Gasteiger partial charge is 0.481 e. The average molecular weight is 488 g/mol. The molecule has 192 valence electrons. The molecule has 0 aliphatic rings. The maximum Gasteiger partial charge on any atom is 0.326 e. The topological polar surface area (TPSA) is 260 Å². The van der Waals surface area contributed by atoms with Gasteiger partial charge in [0.25, 0.3) is 0 Å². The van der Waals surface area contributed by atoms with E-state index in [0.29, 0.717) is 0 Å². The lowest BCUT2D eigenvalue weighted by atomic mass is 10.0. The number of carboxylic acid groups (broad SMARTS) is 2. The van der Waals surface area contributed by atoms with Gasteiger partial charge >= 0.3 is 11.9 Å². The second-order valence-corrected chi connectivity index (χ2v) is 7.79. The van der Waals surface area contributed by atoms with Gasteiger partial charge in [0.15, 0.2) is 0 Å². The van der Waals surface area contributed by atoms with Crippen LogP contribution in [0.1, 0.15) is 39.5 Å². The zero-order valence-corrected chi connectivity index (χ0v) is 19.0. The summed E-state index contributed by atoms with van der Waals surface area (Å²) in [5.41, 5.74) is 10.4. The molecule has 0 spiro atoms. The normalized spacial score (nSPS) is 13.2. The molecule has 0 rings (SSSR count). The van der Waals surface area contributed by atoms with Crippen LogP contribution in [0.5, 0.6) is 0 Å². The van der Waals surface area contributed by atoms with E-state index in [1.54, 1.807) is 13.8 Å². The quantitative estimate of drug-likeness (QED) is 0.106. The van der Waals surface area contributed by atoms with Gasteiger partial charge in [-0.2, -0.15) is 0 Å². The highest BCUT2D eigenvalue weighted by Gasteiger charge is 2.29. The van der Waals surface area contributed by atoms with Crippen molar-refractivity contribution in [3.05, 3.63) is 0 Å². The molecule has 0 radical (unpaired) electrons. The maximum absolute atomic E-state index is 12.6. The van der Waals surface area contributed by atoms with E-state index in [9.17, 15) is 33.6 Å². The van der Waals surface area contributed by atoms with Crippen molar-refractivity contribution in [1.29, 1.82) is 0 Å². The summed E-state index contributed by atoms with van der Waals surface area (Å²) in [5, 5.41) is 26.6. The molecule has 0 unspecified atom stereocenters. The summed E-state index contributed by atoms with van der Waals surface area (Å²) >= 11 is 0. The van der Waals surface area contributed by atoms with Crippen LogP contribution in [0.3, 0.4) is 0 Å². The minimum Gasteiger partial charge on any atom is -0.481 e. The Bertz CT molecular complexity index is 786. The van der Waals surface area contributed by atoms with Crippen LogP contribution in [0.4, 0.5) is 0 Å². The third-order valence-corrected chi connectivity index (χ3v) is 4.29. The Morgan fingerprint density at radius 2 is 1.41 bits per heavy atom. The molecule has 0 bridgehead atoms. The average Bonchev–Trinajstić information content (AvgIpc) is 2.72. The number of aliphatic carboxylic acids is 2. The highest BCUT2D eigenvalue weighted by molar-refractivity contribution is 5.96. The fraction of sp³-hybridized carbons (Fsp3) is 0.632. The van der Waals surface area contributed by atoms with Crippen LogP contribution < -0.4 is 32.7 Å². The van der Waals surface area contributed by atoms with Crippen LogP contribution in [0, 0.1) is 5.92 Å². The number of carboxylic acids is 2. The number of hydrogen-bond donors (Lipinski definition) is 8. The highest BCUT2D eigenvalue weighted by Crippen LogP contribution is 2.06. The lowest BCUT2D eigenvalue weighted by Crippen LogP contribution is -2.56. The van der Waals surface area contributed by atoms with Crippen LogP contribution in [-0.4, -0.2) is 82.9 Å². The van der Waals surface area contributed by atoms with Gasteiger partial charge in [0.2, 0.25) is 29.5 Å². The minimum atomic E-state index is -1.50. The fourth-order valence-electron chi connectivity index (χ4n) is 2.70. The van der Waals surface area contributed by atoms with E-state index in [4.69, 9.17) is 21.7 Å². The summed E-state index contributed by atoms with van der Waals surface area (Å²) in [7, 11) is 0. The van der Waals surface area contributed by atoms with Gasteiger partial charge in [0, 0.05) is 6.42 Å². The van der Waals surface area contributed by atoms with Gasteiger partial charge in [-0.15, -0.1) is 0 Å².